The molecular weight excluding hydrogens is 462 g/mol. The zero-order valence-corrected chi connectivity index (χ0v) is 19.1. The summed E-state index contributed by atoms with van der Waals surface area (Å²) in [6, 6.07) is 13.4. The van der Waals surface area contributed by atoms with Gasteiger partial charge in [-0.3, -0.25) is 9.59 Å². The van der Waals surface area contributed by atoms with Crippen molar-refractivity contribution in [2.45, 2.75) is 19.5 Å². The lowest BCUT2D eigenvalue weighted by Crippen LogP contribution is -2.43. The van der Waals surface area contributed by atoms with Gasteiger partial charge in [0.2, 0.25) is 5.91 Å². The molecule has 0 spiro atoms. The lowest BCUT2D eigenvalue weighted by molar-refractivity contribution is -0.149. The number of halogens is 2. The fraction of sp³-hybridized carbons (Fsp3) is 0.320. The number of nitrogens with one attached hydrogen (secondary N) is 1. The first-order valence-electron chi connectivity index (χ1n) is 11.0. The van der Waals surface area contributed by atoms with Crippen molar-refractivity contribution in [2.24, 2.45) is 5.92 Å². The molecule has 3 rings (SSSR count). The Bertz CT molecular complexity index is 1050. The van der Waals surface area contributed by atoms with Gasteiger partial charge in [0.25, 0.3) is 5.91 Å². The highest BCUT2D eigenvalue weighted by Crippen LogP contribution is 2.29. The van der Waals surface area contributed by atoms with E-state index in [1.807, 2.05) is 30.3 Å². The molecule has 1 N–H and O–H groups in total. The highest BCUT2D eigenvalue weighted by atomic mass is 19.3. The number of amides is 2. The number of carbonyl (C=O) groups excluding carboxylic acids is 3. The second kappa shape index (κ2) is 12.5. The SMILES string of the molecule is COc1cc(C=CC(=O)OCC(=O)N2CCC(C(=O)Nc3ccccc3)CC2)ccc1OC(F)F. The Morgan fingerprint density at radius 3 is 2.46 bits per heavy atom. The van der Waals surface area contributed by atoms with Crippen molar-refractivity contribution in [3.05, 3.63) is 60.2 Å². The minimum Gasteiger partial charge on any atom is -0.493 e. The van der Waals surface area contributed by atoms with Crippen molar-refractivity contribution in [3.63, 3.8) is 0 Å². The van der Waals surface area contributed by atoms with Crippen LogP contribution in [-0.2, 0) is 19.1 Å². The molecule has 2 aromatic rings. The lowest BCUT2D eigenvalue weighted by Gasteiger charge is -2.31. The van der Waals surface area contributed by atoms with E-state index in [0.717, 1.165) is 11.8 Å². The number of piperidine rings is 1. The normalized spacial score (nSPS) is 14.1. The number of likely N-dealkylation sites (tertiary alicyclic amines) is 1. The Labute approximate surface area is 201 Å². The Balaban J connectivity index is 1.42. The predicted molar refractivity (Wildman–Crippen MR) is 124 cm³/mol. The van der Waals surface area contributed by atoms with Crippen LogP contribution < -0.4 is 14.8 Å². The Morgan fingerprint density at radius 1 is 1.09 bits per heavy atom. The van der Waals surface area contributed by atoms with Gasteiger partial charge in [0.05, 0.1) is 7.11 Å². The van der Waals surface area contributed by atoms with Gasteiger partial charge < -0.3 is 24.4 Å². The number of hydrogen-bond donors (Lipinski definition) is 1. The van der Waals surface area contributed by atoms with E-state index in [0.29, 0.717) is 31.5 Å². The molecule has 1 heterocycles. The molecule has 0 aliphatic carbocycles. The molecule has 1 aliphatic rings. The maximum Gasteiger partial charge on any atom is 0.387 e. The summed E-state index contributed by atoms with van der Waals surface area (Å²) in [6.07, 6.45) is 3.56. The maximum absolute atomic E-state index is 12.4. The van der Waals surface area contributed by atoms with Gasteiger partial charge in [0.15, 0.2) is 18.1 Å². The molecule has 0 unspecified atom stereocenters. The zero-order valence-electron chi connectivity index (χ0n) is 19.1. The number of benzene rings is 2. The first kappa shape index (κ1) is 25.7. The molecule has 8 nitrogen and oxygen atoms in total. The molecule has 2 amide bonds. The van der Waals surface area contributed by atoms with Crippen LogP contribution in [-0.4, -0.2) is 56.1 Å². The van der Waals surface area contributed by atoms with Gasteiger partial charge in [0.1, 0.15) is 0 Å². The van der Waals surface area contributed by atoms with Gasteiger partial charge in [0, 0.05) is 30.8 Å². The van der Waals surface area contributed by atoms with E-state index < -0.39 is 19.2 Å². The molecule has 10 heteroatoms. The molecule has 0 atom stereocenters. The Kier molecular flexibility index (Phi) is 9.16. The van der Waals surface area contributed by atoms with E-state index >= 15 is 0 Å². The number of para-hydroxylation sites is 1. The summed E-state index contributed by atoms with van der Waals surface area (Å²) < 4.78 is 39.2. The van der Waals surface area contributed by atoms with E-state index in [4.69, 9.17) is 9.47 Å². The molecule has 1 aliphatic heterocycles. The van der Waals surface area contributed by atoms with Crippen LogP contribution in [0.3, 0.4) is 0 Å². The maximum atomic E-state index is 12.4. The molecule has 0 bridgehead atoms. The Hall–Kier alpha value is -3.95. The fourth-order valence-electron chi connectivity index (χ4n) is 3.57. The number of ether oxygens (including phenoxy) is 3. The number of alkyl halides is 2. The van der Waals surface area contributed by atoms with Crippen molar-refractivity contribution >= 4 is 29.5 Å². The molecule has 1 fully saturated rings. The van der Waals surface area contributed by atoms with Gasteiger partial charge in [-0.15, -0.1) is 0 Å². The van der Waals surface area contributed by atoms with Gasteiger partial charge >= 0.3 is 12.6 Å². The van der Waals surface area contributed by atoms with Crippen LogP contribution in [0.25, 0.3) is 6.08 Å². The topological polar surface area (TPSA) is 94.2 Å². The summed E-state index contributed by atoms with van der Waals surface area (Å²) in [5.74, 6) is -1.40. The predicted octanol–water partition coefficient (Wildman–Crippen LogP) is 3.73. The third kappa shape index (κ3) is 7.80. The van der Waals surface area contributed by atoms with Gasteiger partial charge in [-0.2, -0.15) is 8.78 Å². The highest BCUT2D eigenvalue weighted by Gasteiger charge is 2.27. The van der Waals surface area contributed by atoms with Crippen LogP contribution >= 0.6 is 0 Å². The molecule has 186 valence electrons. The summed E-state index contributed by atoms with van der Waals surface area (Å²) in [6.45, 7) is -2.62. The number of anilines is 1. The molecule has 0 saturated carbocycles. The number of hydrogen-bond acceptors (Lipinski definition) is 6. The van der Waals surface area contributed by atoms with E-state index in [1.54, 1.807) is 4.90 Å². The Morgan fingerprint density at radius 2 is 1.80 bits per heavy atom. The fourth-order valence-corrected chi connectivity index (χ4v) is 3.57. The molecular formula is C25H26F2N2O6. The first-order chi connectivity index (χ1) is 16.9. The van der Waals surface area contributed by atoms with Crippen LogP contribution in [0, 0.1) is 5.92 Å². The summed E-state index contributed by atoms with van der Waals surface area (Å²) >= 11 is 0. The van der Waals surface area contributed by atoms with Crippen LogP contribution in [0.2, 0.25) is 0 Å². The standard InChI is InChI=1S/C25H26F2N2O6/c1-33-21-15-17(7-9-20(21)35-25(26)27)8-10-23(31)34-16-22(30)29-13-11-18(12-14-29)24(32)28-19-5-3-2-4-6-19/h2-10,15,18,25H,11-14,16H2,1H3,(H,28,32). The number of rotatable bonds is 9. The smallest absolute Gasteiger partial charge is 0.387 e. The number of nitrogens with zero attached hydrogens (tertiary/aromatic N) is 1. The van der Waals surface area contributed by atoms with E-state index in [2.05, 4.69) is 10.1 Å². The lowest BCUT2D eigenvalue weighted by atomic mass is 9.95. The number of esters is 1. The number of methoxy groups -OCH3 is 1. The third-order valence-electron chi connectivity index (χ3n) is 5.41. The zero-order chi connectivity index (χ0) is 25.2. The molecule has 0 aromatic heterocycles. The van der Waals surface area contributed by atoms with E-state index in [-0.39, 0.29) is 29.2 Å². The van der Waals surface area contributed by atoms with Crippen molar-refractivity contribution in [2.75, 3.05) is 32.1 Å². The minimum atomic E-state index is -2.99. The number of carbonyl (C=O) groups is 3. The van der Waals surface area contributed by atoms with Crippen molar-refractivity contribution in [1.82, 2.24) is 4.90 Å². The highest BCUT2D eigenvalue weighted by molar-refractivity contribution is 5.93. The molecule has 35 heavy (non-hydrogen) atoms. The molecule has 1 saturated heterocycles. The second-order valence-electron chi connectivity index (χ2n) is 7.74. The first-order valence-corrected chi connectivity index (χ1v) is 11.0. The minimum absolute atomic E-state index is 0.0784. The molecule has 0 radical (unpaired) electrons. The van der Waals surface area contributed by atoms with Gasteiger partial charge in [-0.05, 0) is 48.7 Å². The van der Waals surface area contributed by atoms with Crippen molar-refractivity contribution < 1.29 is 37.4 Å². The van der Waals surface area contributed by atoms with Gasteiger partial charge in [-0.1, -0.05) is 24.3 Å². The summed E-state index contributed by atoms with van der Waals surface area (Å²) in [7, 11) is 1.31. The van der Waals surface area contributed by atoms with Crippen molar-refractivity contribution in [3.8, 4) is 11.5 Å². The molecule has 2 aromatic carbocycles. The van der Waals surface area contributed by atoms with Crippen molar-refractivity contribution in [1.29, 1.82) is 0 Å². The van der Waals surface area contributed by atoms with Crippen LogP contribution in [0.4, 0.5) is 14.5 Å². The monoisotopic (exact) mass is 488 g/mol. The average molecular weight is 488 g/mol. The largest absolute Gasteiger partial charge is 0.493 e. The van der Waals surface area contributed by atoms with Crippen LogP contribution in [0.1, 0.15) is 18.4 Å². The third-order valence-corrected chi connectivity index (χ3v) is 5.41. The van der Waals surface area contributed by atoms with E-state index in [9.17, 15) is 23.2 Å². The quantitative estimate of drug-likeness (QED) is 0.427. The summed E-state index contributed by atoms with van der Waals surface area (Å²) in [5, 5.41) is 2.87. The van der Waals surface area contributed by atoms with Crippen LogP contribution in [0.5, 0.6) is 11.5 Å². The van der Waals surface area contributed by atoms with E-state index in [1.165, 1.54) is 31.4 Å². The second-order valence-corrected chi connectivity index (χ2v) is 7.74. The average Bonchev–Trinajstić information content (AvgIpc) is 2.87. The summed E-state index contributed by atoms with van der Waals surface area (Å²) in [5.41, 5.74) is 1.22. The van der Waals surface area contributed by atoms with Gasteiger partial charge in [-0.25, -0.2) is 4.79 Å². The summed E-state index contributed by atoms with van der Waals surface area (Å²) in [4.78, 5) is 38.4. The van der Waals surface area contributed by atoms with Crippen LogP contribution in [0.15, 0.2) is 54.6 Å².